The van der Waals surface area contributed by atoms with E-state index in [-0.39, 0.29) is 33.6 Å². The highest BCUT2D eigenvalue weighted by Gasteiger charge is 2.28. The molecule has 10 nitrogen and oxygen atoms in total. The normalized spacial score (nSPS) is 18.1. The third kappa shape index (κ3) is 4.41. The van der Waals surface area contributed by atoms with E-state index < -0.39 is 10.0 Å². The molecule has 0 N–H and O–H groups in total. The quantitative estimate of drug-likeness (QED) is 0.591. The average Bonchev–Trinajstić information content (AvgIpc) is 3.42. The summed E-state index contributed by atoms with van der Waals surface area (Å²) >= 11 is 1.04. The lowest BCUT2D eigenvalue weighted by molar-refractivity contribution is -0.140. The van der Waals surface area contributed by atoms with Crippen LogP contribution in [0.15, 0.2) is 38.8 Å². The largest absolute Gasteiger partial charge is 0.411 e. The molecule has 12 heteroatoms. The summed E-state index contributed by atoms with van der Waals surface area (Å²) in [6, 6.07) is 6.30. The Morgan fingerprint density at radius 2 is 1.97 bits per heavy atom. The molecule has 0 bridgehead atoms. The molecule has 2 aliphatic rings. The summed E-state index contributed by atoms with van der Waals surface area (Å²) < 4.78 is 37.9. The number of ether oxygens (including phenoxy) is 1. The number of rotatable bonds is 6. The highest BCUT2D eigenvalue weighted by molar-refractivity contribution is 7.99. The molecule has 0 atom stereocenters. The van der Waals surface area contributed by atoms with Crippen molar-refractivity contribution in [2.75, 3.05) is 38.6 Å². The van der Waals surface area contributed by atoms with E-state index >= 15 is 0 Å². The number of nitrogens with zero attached hydrogens (tertiary/aromatic N) is 4. The van der Waals surface area contributed by atoms with Crippen LogP contribution in [-0.2, 0) is 24.3 Å². The van der Waals surface area contributed by atoms with Crippen LogP contribution in [0.1, 0.15) is 12.8 Å². The van der Waals surface area contributed by atoms with Crippen LogP contribution in [-0.4, -0.2) is 78.2 Å². The average molecular weight is 453 g/mol. The predicted molar refractivity (Wildman–Crippen MR) is 106 cm³/mol. The summed E-state index contributed by atoms with van der Waals surface area (Å²) in [6.07, 6.45) is 1.08. The van der Waals surface area contributed by atoms with Gasteiger partial charge in [-0.05, 0) is 24.6 Å². The van der Waals surface area contributed by atoms with Gasteiger partial charge in [-0.25, -0.2) is 8.42 Å². The first-order valence-corrected chi connectivity index (χ1v) is 11.9. The summed E-state index contributed by atoms with van der Waals surface area (Å²) in [4.78, 5) is 25.1. The van der Waals surface area contributed by atoms with E-state index in [1.54, 1.807) is 12.1 Å². The SMILES string of the molecule is O=C1CCCN1C(=O)CSc1nnc(-c2cccc(S(=O)(=O)N3CCOCC3)c2)o1. The highest BCUT2D eigenvalue weighted by atomic mass is 32.2. The number of sulfonamides is 1. The summed E-state index contributed by atoms with van der Waals surface area (Å²) in [6.45, 7) is 1.79. The maximum atomic E-state index is 12.8. The van der Waals surface area contributed by atoms with Gasteiger partial charge < -0.3 is 9.15 Å². The van der Waals surface area contributed by atoms with Crippen molar-refractivity contribution in [2.45, 2.75) is 23.0 Å². The molecule has 2 amide bonds. The number of hydrogen-bond donors (Lipinski definition) is 0. The van der Waals surface area contributed by atoms with Crippen molar-refractivity contribution in [3.8, 4) is 11.5 Å². The zero-order valence-electron chi connectivity index (χ0n) is 16.0. The maximum Gasteiger partial charge on any atom is 0.277 e. The zero-order chi connectivity index (χ0) is 21.1. The van der Waals surface area contributed by atoms with Crippen LogP contribution < -0.4 is 0 Å². The van der Waals surface area contributed by atoms with Crippen LogP contribution in [0.5, 0.6) is 0 Å². The molecule has 160 valence electrons. The highest BCUT2D eigenvalue weighted by Crippen LogP contribution is 2.27. The van der Waals surface area contributed by atoms with Crippen LogP contribution >= 0.6 is 11.8 Å². The lowest BCUT2D eigenvalue weighted by Crippen LogP contribution is -2.40. The van der Waals surface area contributed by atoms with Gasteiger partial charge in [0, 0.05) is 31.6 Å². The fourth-order valence-electron chi connectivity index (χ4n) is 3.22. The predicted octanol–water partition coefficient (Wildman–Crippen LogP) is 0.999. The van der Waals surface area contributed by atoms with Crippen LogP contribution in [0, 0.1) is 0 Å². The Morgan fingerprint density at radius 3 is 2.70 bits per heavy atom. The Bertz CT molecular complexity index is 1050. The zero-order valence-corrected chi connectivity index (χ0v) is 17.7. The van der Waals surface area contributed by atoms with E-state index in [9.17, 15) is 18.0 Å². The van der Waals surface area contributed by atoms with Crippen molar-refractivity contribution in [3.63, 3.8) is 0 Å². The summed E-state index contributed by atoms with van der Waals surface area (Å²) in [5.41, 5.74) is 0.463. The number of aromatic nitrogens is 2. The monoisotopic (exact) mass is 452 g/mol. The minimum absolute atomic E-state index is 0.0127. The molecule has 2 aromatic rings. The third-order valence-corrected chi connectivity index (χ3v) is 7.49. The topological polar surface area (TPSA) is 123 Å². The van der Waals surface area contributed by atoms with Crippen molar-refractivity contribution < 1.29 is 27.2 Å². The number of amides is 2. The number of imide groups is 1. The van der Waals surface area contributed by atoms with Crippen molar-refractivity contribution in [3.05, 3.63) is 24.3 Å². The molecule has 2 fully saturated rings. The number of hydrogen-bond acceptors (Lipinski definition) is 9. The number of carbonyl (C=O) groups is 2. The number of likely N-dealkylation sites (tertiary alicyclic amines) is 1. The van der Waals surface area contributed by atoms with Crippen molar-refractivity contribution in [2.24, 2.45) is 0 Å². The minimum Gasteiger partial charge on any atom is -0.411 e. The lowest BCUT2D eigenvalue weighted by atomic mass is 10.2. The van der Waals surface area contributed by atoms with Gasteiger partial charge in [0.1, 0.15) is 0 Å². The second-order valence-electron chi connectivity index (χ2n) is 6.75. The van der Waals surface area contributed by atoms with Crippen molar-refractivity contribution in [1.29, 1.82) is 0 Å². The first-order valence-electron chi connectivity index (χ1n) is 9.43. The van der Waals surface area contributed by atoms with Crippen LogP contribution in [0.4, 0.5) is 0 Å². The van der Waals surface area contributed by atoms with E-state index in [2.05, 4.69) is 10.2 Å². The minimum atomic E-state index is -3.65. The standard InChI is InChI=1S/C18H20N4O6S2/c23-15-5-2-6-22(15)16(24)12-29-18-20-19-17(28-18)13-3-1-4-14(11-13)30(25,26)21-7-9-27-10-8-21/h1,3-4,11H,2,5-10,12H2. The van der Waals surface area contributed by atoms with Gasteiger partial charge in [-0.3, -0.25) is 14.5 Å². The van der Waals surface area contributed by atoms with Gasteiger partial charge in [0.2, 0.25) is 27.7 Å². The molecule has 0 spiro atoms. The van der Waals surface area contributed by atoms with E-state index in [1.165, 1.54) is 21.3 Å². The van der Waals surface area contributed by atoms with Gasteiger partial charge >= 0.3 is 0 Å². The molecular weight excluding hydrogens is 432 g/mol. The molecule has 0 unspecified atom stereocenters. The Kier molecular flexibility index (Phi) is 6.18. The molecule has 0 aliphatic carbocycles. The van der Waals surface area contributed by atoms with E-state index in [0.29, 0.717) is 51.3 Å². The summed E-state index contributed by atoms with van der Waals surface area (Å²) in [5, 5.41) is 8.03. The molecule has 30 heavy (non-hydrogen) atoms. The Morgan fingerprint density at radius 1 is 1.17 bits per heavy atom. The molecule has 3 heterocycles. The third-order valence-electron chi connectivity index (χ3n) is 4.79. The van der Waals surface area contributed by atoms with Gasteiger partial charge in [0.05, 0.1) is 23.9 Å². The number of carbonyl (C=O) groups excluding carboxylic acids is 2. The number of benzene rings is 1. The molecule has 2 saturated heterocycles. The molecule has 1 aromatic carbocycles. The molecule has 0 saturated carbocycles. The van der Waals surface area contributed by atoms with Gasteiger partial charge in [-0.15, -0.1) is 10.2 Å². The van der Waals surface area contributed by atoms with Gasteiger partial charge in [0.15, 0.2) is 0 Å². The Hall–Kier alpha value is -2.28. The fraction of sp³-hybridized carbons (Fsp3) is 0.444. The van der Waals surface area contributed by atoms with E-state index in [4.69, 9.17) is 9.15 Å². The van der Waals surface area contributed by atoms with E-state index in [1.807, 2.05) is 0 Å². The molecule has 2 aliphatic heterocycles. The first-order chi connectivity index (χ1) is 14.4. The maximum absolute atomic E-state index is 12.8. The van der Waals surface area contributed by atoms with Crippen molar-refractivity contribution in [1.82, 2.24) is 19.4 Å². The Balaban J connectivity index is 1.45. The molecular formula is C18H20N4O6S2. The first kappa shape index (κ1) is 21.0. The van der Waals surface area contributed by atoms with Crippen LogP contribution in [0.2, 0.25) is 0 Å². The molecule has 1 aromatic heterocycles. The van der Waals surface area contributed by atoms with Gasteiger partial charge in [-0.2, -0.15) is 4.31 Å². The van der Waals surface area contributed by atoms with E-state index in [0.717, 1.165) is 11.8 Å². The number of thioether (sulfide) groups is 1. The van der Waals surface area contributed by atoms with Gasteiger partial charge in [-0.1, -0.05) is 17.8 Å². The second-order valence-corrected chi connectivity index (χ2v) is 9.61. The molecule has 0 radical (unpaired) electrons. The second kappa shape index (κ2) is 8.84. The summed E-state index contributed by atoms with van der Waals surface area (Å²) in [5.74, 6) is -0.286. The fourth-order valence-corrected chi connectivity index (χ4v) is 5.32. The smallest absolute Gasteiger partial charge is 0.277 e. The molecule has 4 rings (SSSR count). The Labute approximate surface area is 177 Å². The summed E-state index contributed by atoms with van der Waals surface area (Å²) in [7, 11) is -3.65. The lowest BCUT2D eigenvalue weighted by Gasteiger charge is -2.26. The van der Waals surface area contributed by atoms with Gasteiger partial charge in [0.25, 0.3) is 5.22 Å². The number of morpholine rings is 1. The van der Waals surface area contributed by atoms with Crippen LogP contribution in [0.25, 0.3) is 11.5 Å². The van der Waals surface area contributed by atoms with Crippen LogP contribution in [0.3, 0.4) is 0 Å². The van der Waals surface area contributed by atoms with Crippen molar-refractivity contribution >= 4 is 33.6 Å².